The maximum Gasteiger partial charge on any atom is 0.222 e. The van der Waals surface area contributed by atoms with E-state index in [0.717, 1.165) is 25.5 Å². The molecule has 1 fully saturated rings. The van der Waals surface area contributed by atoms with Crippen LogP contribution in [0.3, 0.4) is 0 Å². The zero-order valence-electron chi connectivity index (χ0n) is 15.2. The first-order chi connectivity index (χ1) is 12.8. The number of hydrogen-bond donors (Lipinski definition) is 2. The van der Waals surface area contributed by atoms with E-state index in [1.54, 1.807) is 7.05 Å². The van der Waals surface area contributed by atoms with Crippen molar-refractivity contribution in [1.82, 2.24) is 15.5 Å². The summed E-state index contributed by atoms with van der Waals surface area (Å²) in [6, 6.07) is 18.5. The Kier molecular flexibility index (Phi) is 6.25. The minimum absolute atomic E-state index is 0.257. The molecule has 0 atom stereocenters. The number of aliphatic imine (C=N–C) groups is 1. The van der Waals surface area contributed by atoms with Gasteiger partial charge in [-0.2, -0.15) is 0 Å². The van der Waals surface area contributed by atoms with Crippen molar-refractivity contribution in [3.05, 3.63) is 71.3 Å². The molecule has 3 rings (SSSR count). The number of guanidine groups is 1. The maximum absolute atomic E-state index is 11.9. The molecule has 5 heteroatoms. The molecule has 1 aliphatic heterocycles. The number of nitrogens with zero attached hydrogens (tertiary/aromatic N) is 2. The van der Waals surface area contributed by atoms with Crippen LogP contribution in [0.5, 0.6) is 0 Å². The first kappa shape index (κ1) is 18.0. The Morgan fingerprint density at radius 3 is 2.38 bits per heavy atom. The molecule has 2 N–H and O–H groups in total. The second-order valence-corrected chi connectivity index (χ2v) is 6.45. The smallest absolute Gasteiger partial charge is 0.222 e. The van der Waals surface area contributed by atoms with Crippen molar-refractivity contribution in [2.75, 3.05) is 13.6 Å². The molecular formula is C21H26N4O. The monoisotopic (exact) mass is 350 g/mol. The molecule has 1 aliphatic rings. The largest absolute Gasteiger partial charge is 0.352 e. The number of likely N-dealkylation sites (tertiary alicyclic amines) is 1. The second-order valence-electron chi connectivity index (χ2n) is 6.45. The molecule has 0 aliphatic carbocycles. The lowest BCUT2D eigenvalue weighted by Gasteiger charge is -2.19. The van der Waals surface area contributed by atoms with Crippen LogP contribution in [-0.2, 0) is 24.4 Å². The van der Waals surface area contributed by atoms with E-state index in [0.29, 0.717) is 19.5 Å². The lowest BCUT2D eigenvalue weighted by Crippen LogP contribution is -2.36. The molecule has 0 saturated carbocycles. The van der Waals surface area contributed by atoms with E-state index in [-0.39, 0.29) is 5.91 Å². The standard InChI is InChI=1S/C21H26N4O/c1-22-21(23-14-17-8-3-2-4-9-17)24-15-18-10-5-6-11-19(18)16-25-13-7-12-20(25)26/h2-6,8-11H,7,12-16H2,1H3,(H2,22,23,24). The molecule has 0 spiro atoms. The zero-order chi connectivity index (χ0) is 18.2. The average molecular weight is 350 g/mol. The summed E-state index contributed by atoms with van der Waals surface area (Å²) in [6.45, 7) is 2.95. The number of carbonyl (C=O) groups is 1. The van der Waals surface area contributed by atoms with Gasteiger partial charge in [0.2, 0.25) is 5.91 Å². The van der Waals surface area contributed by atoms with E-state index < -0.39 is 0 Å². The van der Waals surface area contributed by atoms with Gasteiger partial charge in [-0.25, -0.2) is 0 Å². The van der Waals surface area contributed by atoms with Crippen LogP contribution in [0.4, 0.5) is 0 Å². The van der Waals surface area contributed by atoms with Gasteiger partial charge in [0.05, 0.1) is 0 Å². The van der Waals surface area contributed by atoms with Gasteiger partial charge >= 0.3 is 0 Å². The number of amides is 1. The van der Waals surface area contributed by atoms with Gasteiger partial charge in [-0.3, -0.25) is 9.79 Å². The van der Waals surface area contributed by atoms with Crippen molar-refractivity contribution in [3.63, 3.8) is 0 Å². The van der Waals surface area contributed by atoms with Gasteiger partial charge < -0.3 is 15.5 Å². The van der Waals surface area contributed by atoms with Crippen molar-refractivity contribution < 1.29 is 4.79 Å². The first-order valence-corrected chi connectivity index (χ1v) is 9.09. The van der Waals surface area contributed by atoms with Crippen LogP contribution in [0.15, 0.2) is 59.6 Å². The Hall–Kier alpha value is -2.82. The molecule has 0 bridgehead atoms. The second kappa shape index (κ2) is 9.04. The molecule has 2 aromatic carbocycles. The molecular weight excluding hydrogens is 324 g/mol. The topological polar surface area (TPSA) is 56.7 Å². The van der Waals surface area contributed by atoms with E-state index in [9.17, 15) is 4.79 Å². The average Bonchev–Trinajstić information content (AvgIpc) is 3.08. The fourth-order valence-corrected chi connectivity index (χ4v) is 3.14. The van der Waals surface area contributed by atoms with Crippen molar-refractivity contribution in [2.45, 2.75) is 32.5 Å². The summed E-state index contributed by atoms with van der Waals surface area (Å²) in [5.74, 6) is 1.02. The minimum atomic E-state index is 0.257. The third-order valence-electron chi connectivity index (χ3n) is 4.62. The van der Waals surface area contributed by atoms with Crippen molar-refractivity contribution >= 4 is 11.9 Å². The summed E-state index contributed by atoms with van der Waals surface area (Å²) in [7, 11) is 1.77. The molecule has 0 aromatic heterocycles. The van der Waals surface area contributed by atoms with Crippen molar-refractivity contribution in [1.29, 1.82) is 0 Å². The predicted molar refractivity (Wildman–Crippen MR) is 105 cm³/mol. The molecule has 0 radical (unpaired) electrons. The van der Waals surface area contributed by atoms with Crippen LogP contribution in [0, 0.1) is 0 Å². The van der Waals surface area contributed by atoms with Crippen molar-refractivity contribution in [3.8, 4) is 0 Å². The van der Waals surface area contributed by atoms with Gasteiger partial charge in [0, 0.05) is 39.6 Å². The minimum Gasteiger partial charge on any atom is -0.352 e. The summed E-state index contributed by atoms with van der Waals surface area (Å²) < 4.78 is 0. The quantitative estimate of drug-likeness (QED) is 0.622. The molecule has 5 nitrogen and oxygen atoms in total. The van der Waals surface area contributed by atoms with Gasteiger partial charge in [-0.1, -0.05) is 54.6 Å². The Labute approximate surface area is 155 Å². The Morgan fingerprint density at radius 2 is 1.69 bits per heavy atom. The van der Waals surface area contributed by atoms with E-state index >= 15 is 0 Å². The lowest BCUT2D eigenvalue weighted by atomic mass is 10.1. The lowest BCUT2D eigenvalue weighted by molar-refractivity contribution is -0.128. The number of benzene rings is 2. The maximum atomic E-state index is 11.9. The number of nitrogens with one attached hydrogen (secondary N) is 2. The van der Waals surface area contributed by atoms with E-state index in [4.69, 9.17) is 0 Å². The third-order valence-corrected chi connectivity index (χ3v) is 4.62. The SMILES string of the molecule is CN=C(NCc1ccccc1)NCc1ccccc1CN1CCCC1=O. The van der Waals surface area contributed by atoms with Crippen LogP contribution in [-0.4, -0.2) is 30.4 Å². The van der Waals surface area contributed by atoms with Gasteiger partial charge in [0.15, 0.2) is 5.96 Å². The zero-order valence-corrected chi connectivity index (χ0v) is 15.2. The third kappa shape index (κ3) is 4.85. The molecule has 1 saturated heterocycles. The van der Waals surface area contributed by atoms with Crippen molar-refractivity contribution in [2.24, 2.45) is 4.99 Å². The fraction of sp³-hybridized carbons (Fsp3) is 0.333. The molecule has 1 heterocycles. The summed E-state index contributed by atoms with van der Waals surface area (Å²) >= 11 is 0. The molecule has 2 aromatic rings. The van der Waals surface area contributed by atoms with Crippen LogP contribution in [0.2, 0.25) is 0 Å². The summed E-state index contributed by atoms with van der Waals surface area (Å²) in [5, 5.41) is 6.70. The van der Waals surface area contributed by atoms with E-state index in [2.05, 4.69) is 39.9 Å². The van der Waals surface area contributed by atoms with Crippen LogP contribution in [0.1, 0.15) is 29.5 Å². The number of hydrogen-bond acceptors (Lipinski definition) is 2. The highest BCUT2D eigenvalue weighted by Gasteiger charge is 2.20. The van der Waals surface area contributed by atoms with Crippen LogP contribution in [0.25, 0.3) is 0 Å². The number of carbonyl (C=O) groups excluding carboxylic acids is 1. The van der Waals surface area contributed by atoms with Crippen LogP contribution < -0.4 is 10.6 Å². The van der Waals surface area contributed by atoms with Gasteiger partial charge in [0.25, 0.3) is 0 Å². The van der Waals surface area contributed by atoms with Crippen LogP contribution >= 0.6 is 0 Å². The predicted octanol–water partition coefficient (Wildman–Crippen LogP) is 2.67. The highest BCUT2D eigenvalue weighted by atomic mass is 16.2. The molecule has 26 heavy (non-hydrogen) atoms. The summed E-state index contributed by atoms with van der Waals surface area (Å²) in [5.41, 5.74) is 3.59. The highest BCUT2D eigenvalue weighted by molar-refractivity contribution is 5.79. The van der Waals surface area contributed by atoms with Gasteiger partial charge in [0.1, 0.15) is 0 Å². The van der Waals surface area contributed by atoms with Gasteiger partial charge in [-0.05, 0) is 23.1 Å². The van der Waals surface area contributed by atoms with E-state index in [1.165, 1.54) is 16.7 Å². The van der Waals surface area contributed by atoms with E-state index in [1.807, 2.05) is 35.2 Å². The molecule has 1 amide bonds. The first-order valence-electron chi connectivity index (χ1n) is 9.09. The molecule has 0 unspecified atom stereocenters. The van der Waals surface area contributed by atoms with Gasteiger partial charge in [-0.15, -0.1) is 0 Å². The Balaban J connectivity index is 1.57. The fourth-order valence-electron chi connectivity index (χ4n) is 3.14. The Morgan fingerprint density at radius 1 is 1.00 bits per heavy atom. The number of rotatable bonds is 6. The normalized spacial score (nSPS) is 14.6. The summed E-state index contributed by atoms with van der Waals surface area (Å²) in [6.07, 6.45) is 1.64. The summed E-state index contributed by atoms with van der Waals surface area (Å²) in [4.78, 5) is 18.1. The highest BCUT2D eigenvalue weighted by Crippen LogP contribution is 2.17. The molecule has 136 valence electrons. The Bertz CT molecular complexity index is 758.